The van der Waals surface area contributed by atoms with Crippen molar-refractivity contribution in [2.75, 3.05) is 0 Å². The molecule has 0 spiro atoms. The summed E-state index contributed by atoms with van der Waals surface area (Å²) < 4.78 is 2.55. The van der Waals surface area contributed by atoms with Crippen LogP contribution in [0.25, 0.3) is 11.2 Å². The van der Waals surface area contributed by atoms with Crippen LogP contribution in [0.5, 0.6) is 0 Å². The van der Waals surface area contributed by atoms with Gasteiger partial charge in [0.1, 0.15) is 0 Å². The highest BCUT2D eigenvalue weighted by Crippen LogP contribution is 1.98. The summed E-state index contributed by atoms with van der Waals surface area (Å²) in [6.45, 7) is 1.55. The van der Waals surface area contributed by atoms with Crippen molar-refractivity contribution in [1.82, 2.24) is 14.1 Å². The lowest BCUT2D eigenvalue weighted by Gasteiger charge is -2.07. The number of fused-ring (bicyclic) bond motifs is 1. The van der Waals surface area contributed by atoms with E-state index in [1.165, 1.54) is 24.9 Å². The van der Waals surface area contributed by atoms with E-state index in [2.05, 4.69) is 4.98 Å². The number of hydrogen-bond acceptors (Lipinski definition) is 4. The second-order valence-corrected chi connectivity index (χ2v) is 3.57. The van der Waals surface area contributed by atoms with E-state index in [1.807, 2.05) is 0 Å². The van der Waals surface area contributed by atoms with Crippen LogP contribution in [0.15, 0.2) is 15.8 Å². The van der Waals surface area contributed by atoms with E-state index in [0.29, 0.717) is 10.4 Å². The van der Waals surface area contributed by atoms with Crippen molar-refractivity contribution < 1.29 is 4.73 Å². The van der Waals surface area contributed by atoms with Crippen LogP contribution < -0.4 is 16.0 Å². The molecule has 0 unspecified atom stereocenters. The fraction of sp³-hybridized carbons (Fsp3) is 0.333. The lowest BCUT2D eigenvalue weighted by Crippen LogP contribution is -2.45. The Kier molecular flexibility index (Phi) is 2.04. The van der Waals surface area contributed by atoms with Gasteiger partial charge in [0.15, 0.2) is 0 Å². The van der Waals surface area contributed by atoms with Gasteiger partial charge < -0.3 is 5.21 Å². The standard InChI is InChI=1S/C9H10N4O3/c1-5-4-10-7-6(13(5)16)8(14)12(3)9(15)11(7)2/h4H,1-3H3. The van der Waals surface area contributed by atoms with E-state index in [1.54, 1.807) is 6.92 Å². The van der Waals surface area contributed by atoms with Gasteiger partial charge >= 0.3 is 16.8 Å². The zero-order valence-electron chi connectivity index (χ0n) is 9.09. The Morgan fingerprint density at radius 1 is 1.31 bits per heavy atom. The first-order valence-corrected chi connectivity index (χ1v) is 4.60. The van der Waals surface area contributed by atoms with Gasteiger partial charge in [-0.25, -0.2) is 9.78 Å². The van der Waals surface area contributed by atoms with Crippen molar-refractivity contribution in [3.8, 4) is 0 Å². The Bertz CT molecular complexity index is 698. The number of aryl methyl sites for hydroxylation is 2. The molecule has 0 aliphatic carbocycles. The molecule has 0 bridgehead atoms. The van der Waals surface area contributed by atoms with Crippen LogP contribution in [-0.2, 0) is 14.1 Å². The first kappa shape index (κ1) is 10.3. The highest BCUT2D eigenvalue weighted by molar-refractivity contribution is 5.64. The van der Waals surface area contributed by atoms with Crippen LogP contribution in [0.4, 0.5) is 0 Å². The molecule has 0 aliphatic rings. The Labute approximate surface area is 89.8 Å². The molecule has 2 aromatic heterocycles. The van der Waals surface area contributed by atoms with Gasteiger partial charge in [-0.15, -0.1) is 0 Å². The molecule has 0 N–H and O–H groups in total. The van der Waals surface area contributed by atoms with Crippen molar-refractivity contribution in [3.05, 3.63) is 37.9 Å². The van der Waals surface area contributed by atoms with Gasteiger partial charge in [0, 0.05) is 21.0 Å². The first-order valence-electron chi connectivity index (χ1n) is 4.60. The quantitative estimate of drug-likeness (QED) is 0.404. The van der Waals surface area contributed by atoms with Crippen molar-refractivity contribution in [2.24, 2.45) is 14.1 Å². The minimum atomic E-state index is -0.635. The molecule has 0 aliphatic heterocycles. The van der Waals surface area contributed by atoms with Crippen LogP contribution >= 0.6 is 0 Å². The third-order valence-electron chi connectivity index (χ3n) is 2.51. The monoisotopic (exact) mass is 222 g/mol. The normalized spacial score (nSPS) is 10.9. The molecule has 2 rings (SSSR count). The number of rotatable bonds is 0. The average Bonchev–Trinajstić information content (AvgIpc) is 2.27. The Morgan fingerprint density at radius 3 is 2.56 bits per heavy atom. The predicted octanol–water partition coefficient (Wildman–Crippen LogP) is -1.43. The molecule has 0 amide bonds. The van der Waals surface area contributed by atoms with Crippen LogP contribution in [0.2, 0.25) is 0 Å². The van der Waals surface area contributed by atoms with Gasteiger partial charge in [-0.2, -0.15) is 4.73 Å². The summed E-state index contributed by atoms with van der Waals surface area (Å²) in [7, 11) is 2.79. The summed E-state index contributed by atoms with van der Waals surface area (Å²) in [5.41, 5.74) is -0.861. The third-order valence-corrected chi connectivity index (χ3v) is 2.51. The SMILES string of the molecule is Cc1cnc2c(c(=O)n(C)c(=O)n2C)[n+]1[O-]. The van der Waals surface area contributed by atoms with Gasteiger partial charge in [-0.3, -0.25) is 13.9 Å². The molecule has 84 valence electrons. The average molecular weight is 222 g/mol. The molecule has 7 heteroatoms. The molecule has 16 heavy (non-hydrogen) atoms. The maximum atomic E-state index is 11.8. The van der Waals surface area contributed by atoms with Crippen molar-refractivity contribution in [1.29, 1.82) is 0 Å². The molecule has 0 saturated heterocycles. The third kappa shape index (κ3) is 1.14. The summed E-state index contributed by atoms with van der Waals surface area (Å²) in [5, 5.41) is 11.7. The number of hydrogen-bond donors (Lipinski definition) is 0. The van der Waals surface area contributed by atoms with Crippen LogP contribution in [0.3, 0.4) is 0 Å². The van der Waals surface area contributed by atoms with E-state index in [0.717, 1.165) is 4.57 Å². The van der Waals surface area contributed by atoms with Gasteiger partial charge in [0.05, 0.1) is 6.20 Å². The molecular formula is C9H10N4O3. The number of aromatic nitrogens is 4. The number of nitrogens with zero attached hydrogens (tertiary/aromatic N) is 4. The Morgan fingerprint density at radius 2 is 1.94 bits per heavy atom. The maximum Gasteiger partial charge on any atom is 0.332 e. The van der Waals surface area contributed by atoms with Gasteiger partial charge in [0.2, 0.25) is 11.3 Å². The van der Waals surface area contributed by atoms with Crippen LogP contribution in [-0.4, -0.2) is 14.1 Å². The Hall–Kier alpha value is -2.18. The zero-order valence-corrected chi connectivity index (χ0v) is 9.09. The molecule has 0 aromatic carbocycles. The smallest absolute Gasteiger partial charge is 0.332 e. The molecule has 0 radical (unpaired) electrons. The molecule has 2 aromatic rings. The van der Waals surface area contributed by atoms with E-state index in [4.69, 9.17) is 0 Å². The largest absolute Gasteiger partial charge is 0.618 e. The van der Waals surface area contributed by atoms with Gasteiger partial charge in [0.25, 0.3) is 0 Å². The van der Waals surface area contributed by atoms with Gasteiger partial charge in [-0.1, -0.05) is 0 Å². The van der Waals surface area contributed by atoms with Crippen molar-refractivity contribution >= 4 is 11.2 Å². The van der Waals surface area contributed by atoms with E-state index < -0.39 is 11.2 Å². The molecule has 0 fully saturated rings. The van der Waals surface area contributed by atoms with Crippen molar-refractivity contribution in [3.63, 3.8) is 0 Å². The fourth-order valence-corrected chi connectivity index (χ4v) is 1.52. The lowest BCUT2D eigenvalue weighted by molar-refractivity contribution is -0.585. The fourth-order valence-electron chi connectivity index (χ4n) is 1.52. The van der Waals surface area contributed by atoms with Crippen LogP contribution in [0, 0.1) is 12.1 Å². The van der Waals surface area contributed by atoms with E-state index in [-0.39, 0.29) is 11.2 Å². The summed E-state index contributed by atoms with van der Waals surface area (Å²) in [4.78, 5) is 27.3. The van der Waals surface area contributed by atoms with E-state index in [9.17, 15) is 14.8 Å². The molecule has 7 nitrogen and oxygen atoms in total. The Balaban J connectivity index is 3.22. The maximum absolute atomic E-state index is 11.8. The highest BCUT2D eigenvalue weighted by atomic mass is 16.5. The summed E-state index contributed by atoms with van der Waals surface area (Å²) >= 11 is 0. The zero-order chi connectivity index (χ0) is 12.0. The topological polar surface area (TPSA) is 83.8 Å². The van der Waals surface area contributed by atoms with Gasteiger partial charge in [-0.05, 0) is 0 Å². The second-order valence-electron chi connectivity index (χ2n) is 3.57. The molecule has 0 atom stereocenters. The van der Waals surface area contributed by atoms with Crippen molar-refractivity contribution in [2.45, 2.75) is 6.92 Å². The molecule has 0 saturated carbocycles. The minimum absolute atomic E-state index is 0.0914. The van der Waals surface area contributed by atoms with Crippen LogP contribution in [0.1, 0.15) is 5.69 Å². The minimum Gasteiger partial charge on any atom is -0.618 e. The lowest BCUT2D eigenvalue weighted by atomic mass is 10.4. The molecular weight excluding hydrogens is 212 g/mol. The molecule has 2 heterocycles. The van der Waals surface area contributed by atoms with E-state index >= 15 is 0 Å². The second kappa shape index (κ2) is 3.16. The summed E-state index contributed by atoms with van der Waals surface area (Å²) in [5.74, 6) is 0. The predicted molar refractivity (Wildman–Crippen MR) is 55.9 cm³/mol. The highest BCUT2D eigenvalue weighted by Gasteiger charge is 2.18. The summed E-state index contributed by atoms with van der Waals surface area (Å²) in [6, 6.07) is 0. The summed E-state index contributed by atoms with van der Waals surface area (Å²) in [6.07, 6.45) is 1.33. The first-order chi connectivity index (χ1) is 7.45.